The summed E-state index contributed by atoms with van der Waals surface area (Å²) in [6, 6.07) is 13.5. The molecule has 29 heavy (non-hydrogen) atoms. The summed E-state index contributed by atoms with van der Waals surface area (Å²) in [5, 5.41) is 10.6. The van der Waals surface area contributed by atoms with E-state index in [2.05, 4.69) is 16.0 Å². The van der Waals surface area contributed by atoms with E-state index in [1.807, 2.05) is 50.2 Å². The van der Waals surface area contributed by atoms with Crippen molar-refractivity contribution in [2.45, 2.75) is 19.8 Å². The molecule has 1 atom stereocenters. The molecule has 0 saturated heterocycles. The van der Waals surface area contributed by atoms with E-state index in [1.54, 1.807) is 0 Å². The van der Waals surface area contributed by atoms with Crippen molar-refractivity contribution in [3.63, 3.8) is 0 Å². The number of nitrogens with two attached hydrogens (primary N) is 1. The molecule has 4 aromatic rings. The van der Waals surface area contributed by atoms with Crippen LogP contribution in [0.5, 0.6) is 5.75 Å². The summed E-state index contributed by atoms with van der Waals surface area (Å²) in [5.74, 6) is -0.146. The number of allylic oxidation sites excluding steroid dienone is 1. The number of H-pyrrole nitrogens is 1. The van der Waals surface area contributed by atoms with Gasteiger partial charge in [0.1, 0.15) is 16.5 Å². The Morgan fingerprint density at radius 3 is 2.76 bits per heavy atom. The first-order valence-electron chi connectivity index (χ1n) is 9.08. The molecule has 1 aromatic carbocycles. The number of nitrogens with one attached hydrogen (secondary N) is 1. The first-order valence-corrected chi connectivity index (χ1v) is 9.90. The average molecular weight is 400 g/mol. The molecule has 0 aliphatic carbocycles. The third-order valence-electron chi connectivity index (χ3n) is 5.23. The van der Waals surface area contributed by atoms with Gasteiger partial charge in [0, 0.05) is 11.1 Å². The number of nitrogens with zero attached hydrogens (tertiary/aromatic N) is 2. The molecule has 3 aromatic heterocycles. The topological polar surface area (TPSA) is 105 Å². The maximum Gasteiger partial charge on any atom is 0.256 e. The number of hydrogen-bond acceptors (Lipinski definition) is 6. The highest BCUT2D eigenvalue weighted by molar-refractivity contribution is 7.25. The zero-order chi connectivity index (χ0) is 20.3. The Bertz CT molecular complexity index is 1440. The summed E-state index contributed by atoms with van der Waals surface area (Å²) < 4.78 is 6.65. The summed E-state index contributed by atoms with van der Waals surface area (Å²) in [5.41, 5.74) is 9.93. The fourth-order valence-electron chi connectivity index (χ4n) is 4.04. The lowest BCUT2D eigenvalue weighted by Gasteiger charge is -2.25. The van der Waals surface area contributed by atoms with Crippen molar-refractivity contribution in [2.75, 3.05) is 0 Å². The van der Waals surface area contributed by atoms with E-state index in [9.17, 15) is 10.1 Å². The monoisotopic (exact) mass is 400 g/mol. The molecule has 0 amide bonds. The number of fused-ring (bicyclic) bond motifs is 5. The van der Waals surface area contributed by atoms with Gasteiger partial charge in [-0.15, -0.1) is 11.3 Å². The number of nitriles is 1. The molecule has 1 aliphatic rings. The van der Waals surface area contributed by atoms with Crippen LogP contribution in [-0.4, -0.2) is 9.97 Å². The molecular weight excluding hydrogens is 384 g/mol. The molecule has 7 heteroatoms. The Morgan fingerprint density at radius 1 is 1.28 bits per heavy atom. The lowest BCUT2D eigenvalue weighted by atomic mass is 9.84. The number of aromatic nitrogens is 2. The summed E-state index contributed by atoms with van der Waals surface area (Å²) in [4.78, 5) is 21.7. The molecule has 1 unspecified atom stereocenters. The Labute approximate surface area is 169 Å². The first kappa shape index (κ1) is 17.5. The molecule has 0 radical (unpaired) electrons. The summed E-state index contributed by atoms with van der Waals surface area (Å²) in [6.07, 6.45) is 0. The SMILES string of the molecule is Cc1cc(C)c2c(n1)sc1c3c(c(=O)[nH]c12)C(c1ccccc1)C(C#N)=C(N)O3. The zero-order valence-corrected chi connectivity index (χ0v) is 16.6. The van der Waals surface area contributed by atoms with Gasteiger partial charge in [0.2, 0.25) is 5.88 Å². The van der Waals surface area contributed by atoms with E-state index < -0.39 is 5.92 Å². The van der Waals surface area contributed by atoms with E-state index in [-0.39, 0.29) is 17.0 Å². The maximum absolute atomic E-state index is 13.2. The Balaban J connectivity index is 1.91. The highest BCUT2D eigenvalue weighted by Crippen LogP contribution is 2.46. The molecule has 3 N–H and O–H groups in total. The number of aryl methyl sites for hydroxylation is 2. The first-order chi connectivity index (χ1) is 14.0. The zero-order valence-electron chi connectivity index (χ0n) is 15.7. The smallest absolute Gasteiger partial charge is 0.256 e. The Kier molecular flexibility index (Phi) is 3.73. The number of ether oxygens (including phenoxy) is 1. The lowest BCUT2D eigenvalue weighted by molar-refractivity contribution is 0.397. The van der Waals surface area contributed by atoms with Gasteiger partial charge in [-0.25, -0.2) is 4.98 Å². The highest BCUT2D eigenvalue weighted by Gasteiger charge is 2.35. The van der Waals surface area contributed by atoms with Crippen LogP contribution in [0.25, 0.3) is 20.4 Å². The van der Waals surface area contributed by atoms with Crippen LogP contribution in [0.2, 0.25) is 0 Å². The largest absolute Gasteiger partial charge is 0.438 e. The standard InChI is InChI=1S/C22H16N4O2S/c1-10-8-11(2)25-22-14(10)17-19(29-22)18-16(21(27)26-17)15(12-6-4-3-5-7-12)13(9-23)20(24)28-18/h3-8,15H,24H2,1-2H3,(H,26,27). The van der Waals surface area contributed by atoms with Crippen molar-refractivity contribution in [1.82, 2.24) is 9.97 Å². The third kappa shape index (κ3) is 2.46. The third-order valence-corrected chi connectivity index (χ3v) is 6.31. The predicted molar refractivity (Wildman–Crippen MR) is 113 cm³/mol. The van der Waals surface area contributed by atoms with Gasteiger partial charge >= 0.3 is 0 Å². The number of benzene rings is 1. The van der Waals surface area contributed by atoms with Crippen LogP contribution in [0.1, 0.15) is 28.3 Å². The van der Waals surface area contributed by atoms with Gasteiger partial charge in [0.15, 0.2) is 5.75 Å². The molecule has 6 nitrogen and oxygen atoms in total. The van der Waals surface area contributed by atoms with Crippen LogP contribution < -0.4 is 16.0 Å². The molecule has 5 rings (SSSR count). The van der Waals surface area contributed by atoms with Gasteiger partial charge in [-0.2, -0.15) is 5.26 Å². The highest BCUT2D eigenvalue weighted by atomic mass is 32.1. The van der Waals surface area contributed by atoms with Gasteiger partial charge in [-0.3, -0.25) is 4.79 Å². The van der Waals surface area contributed by atoms with Gasteiger partial charge in [-0.05, 0) is 31.0 Å². The average Bonchev–Trinajstić information content (AvgIpc) is 3.06. The quantitative estimate of drug-likeness (QED) is 0.503. The van der Waals surface area contributed by atoms with Gasteiger partial charge in [0.05, 0.1) is 21.7 Å². The number of rotatable bonds is 1. The van der Waals surface area contributed by atoms with E-state index in [0.29, 0.717) is 16.8 Å². The fraction of sp³-hybridized carbons (Fsp3) is 0.136. The summed E-state index contributed by atoms with van der Waals surface area (Å²) >= 11 is 1.45. The van der Waals surface area contributed by atoms with Crippen LogP contribution in [0, 0.1) is 25.2 Å². The fourth-order valence-corrected chi connectivity index (χ4v) is 5.29. The number of thiophene rings is 1. The van der Waals surface area contributed by atoms with Crippen LogP contribution in [-0.2, 0) is 0 Å². The van der Waals surface area contributed by atoms with Crippen LogP contribution in [0.15, 0.2) is 52.6 Å². The molecule has 4 heterocycles. The van der Waals surface area contributed by atoms with Crippen molar-refractivity contribution < 1.29 is 4.74 Å². The molecule has 0 saturated carbocycles. The number of aromatic amines is 1. The minimum atomic E-state index is -0.584. The minimum Gasteiger partial charge on any atom is -0.438 e. The molecule has 1 aliphatic heterocycles. The predicted octanol–water partition coefficient (Wildman–Crippen LogP) is 3.97. The van der Waals surface area contributed by atoms with Gasteiger partial charge < -0.3 is 15.5 Å². The van der Waals surface area contributed by atoms with Crippen molar-refractivity contribution in [3.8, 4) is 11.8 Å². The van der Waals surface area contributed by atoms with Crippen molar-refractivity contribution in [1.29, 1.82) is 5.26 Å². The Morgan fingerprint density at radius 2 is 2.03 bits per heavy atom. The van der Waals surface area contributed by atoms with Crippen molar-refractivity contribution in [3.05, 3.63) is 80.6 Å². The van der Waals surface area contributed by atoms with E-state index in [0.717, 1.165) is 31.7 Å². The van der Waals surface area contributed by atoms with E-state index in [4.69, 9.17) is 10.5 Å². The lowest BCUT2D eigenvalue weighted by Crippen LogP contribution is -2.27. The molecule has 0 spiro atoms. The van der Waals surface area contributed by atoms with Gasteiger partial charge in [0.25, 0.3) is 5.56 Å². The van der Waals surface area contributed by atoms with Crippen LogP contribution in [0.3, 0.4) is 0 Å². The second-order valence-corrected chi connectivity index (χ2v) is 8.10. The maximum atomic E-state index is 13.2. The molecular formula is C22H16N4O2S. The summed E-state index contributed by atoms with van der Waals surface area (Å²) in [7, 11) is 0. The second kappa shape index (κ2) is 6.19. The normalized spacial score (nSPS) is 16.0. The number of pyridine rings is 2. The molecule has 0 fully saturated rings. The van der Waals surface area contributed by atoms with E-state index in [1.165, 1.54) is 11.3 Å². The van der Waals surface area contributed by atoms with Crippen molar-refractivity contribution >= 4 is 31.8 Å². The van der Waals surface area contributed by atoms with E-state index >= 15 is 0 Å². The van der Waals surface area contributed by atoms with Gasteiger partial charge in [-0.1, -0.05) is 30.3 Å². The molecule has 0 bridgehead atoms. The molecule has 142 valence electrons. The Hall–Kier alpha value is -3.63. The summed E-state index contributed by atoms with van der Waals surface area (Å²) in [6.45, 7) is 3.94. The van der Waals surface area contributed by atoms with Crippen LogP contribution >= 0.6 is 11.3 Å². The van der Waals surface area contributed by atoms with Crippen LogP contribution in [0.4, 0.5) is 0 Å². The minimum absolute atomic E-state index is 0.0269. The van der Waals surface area contributed by atoms with Crippen molar-refractivity contribution in [2.24, 2.45) is 5.73 Å². The number of hydrogen-bond donors (Lipinski definition) is 2. The second-order valence-electron chi connectivity index (χ2n) is 7.10.